The van der Waals surface area contributed by atoms with Crippen molar-refractivity contribution in [1.29, 1.82) is 0 Å². The lowest BCUT2D eigenvalue weighted by molar-refractivity contribution is -0.117. The smallest absolute Gasteiger partial charge is 0.230 e. The van der Waals surface area contributed by atoms with Crippen LogP contribution in [0.15, 0.2) is 53.7 Å². The Morgan fingerprint density at radius 1 is 1.19 bits per heavy atom. The van der Waals surface area contributed by atoms with Crippen LogP contribution in [-0.4, -0.2) is 33.0 Å². The summed E-state index contributed by atoms with van der Waals surface area (Å²) < 4.78 is 7.25. The first-order valence-electron chi connectivity index (χ1n) is 8.12. The Kier molecular flexibility index (Phi) is 5.27. The van der Waals surface area contributed by atoms with Crippen molar-refractivity contribution < 1.29 is 9.53 Å². The molecule has 0 aliphatic carbocycles. The first-order chi connectivity index (χ1) is 12.5. The summed E-state index contributed by atoms with van der Waals surface area (Å²) in [5.74, 6) is 1.02. The van der Waals surface area contributed by atoms with Gasteiger partial charge in [0.05, 0.1) is 12.4 Å². The summed E-state index contributed by atoms with van der Waals surface area (Å²) >= 11 is 1.29. The Hall–Kier alpha value is -2.80. The van der Waals surface area contributed by atoms with Gasteiger partial charge in [-0.2, -0.15) is 0 Å². The van der Waals surface area contributed by atoms with Crippen LogP contribution >= 0.6 is 11.8 Å². The molecule has 1 atom stereocenters. The average molecular weight is 368 g/mol. The molecule has 7 heteroatoms. The Bertz CT molecular complexity index is 922. The molecule has 26 heavy (non-hydrogen) atoms. The van der Waals surface area contributed by atoms with E-state index in [1.165, 1.54) is 11.8 Å². The predicted molar refractivity (Wildman–Crippen MR) is 103 cm³/mol. The third kappa shape index (κ3) is 3.72. The molecule has 0 bridgehead atoms. The van der Waals surface area contributed by atoms with Crippen LogP contribution in [0.1, 0.15) is 12.5 Å². The largest absolute Gasteiger partial charge is 0.497 e. The van der Waals surface area contributed by atoms with E-state index >= 15 is 0 Å². The monoisotopic (exact) mass is 368 g/mol. The van der Waals surface area contributed by atoms with Gasteiger partial charge in [0.2, 0.25) is 5.91 Å². The van der Waals surface area contributed by atoms with Crippen LogP contribution in [0.25, 0.3) is 17.1 Å². The van der Waals surface area contributed by atoms with Crippen LogP contribution in [0, 0.1) is 6.92 Å². The summed E-state index contributed by atoms with van der Waals surface area (Å²) in [6, 6.07) is 15.7. The number of benzene rings is 2. The number of aromatic nitrogens is 3. The minimum atomic E-state index is -0.415. The lowest BCUT2D eigenvalue weighted by Crippen LogP contribution is -2.23. The number of carbonyl (C=O) groups excluding carboxylic acids is 1. The van der Waals surface area contributed by atoms with Gasteiger partial charge in [-0.25, -0.2) is 0 Å². The van der Waals surface area contributed by atoms with Gasteiger partial charge in [-0.15, -0.1) is 10.2 Å². The molecule has 2 N–H and O–H groups in total. The van der Waals surface area contributed by atoms with E-state index < -0.39 is 11.2 Å². The van der Waals surface area contributed by atoms with Gasteiger partial charge in [0, 0.05) is 11.3 Å². The van der Waals surface area contributed by atoms with E-state index in [0.29, 0.717) is 11.0 Å². The quantitative estimate of drug-likeness (QED) is 0.676. The number of thioether (sulfide) groups is 1. The second-order valence-corrected chi connectivity index (χ2v) is 7.18. The number of ether oxygens (including phenoxy) is 1. The molecule has 0 aliphatic heterocycles. The second-order valence-electron chi connectivity index (χ2n) is 5.87. The zero-order valence-corrected chi connectivity index (χ0v) is 15.7. The molecule has 0 spiro atoms. The molecule has 0 saturated heterocycles. The first-order valence-corrected chi connectivity index (χ1v) is 9.00. The summed E-state index contributed by atoms with van der Waals surface area (Å²) in [5, 5.41) is 8.85. The van der Waals surface area contributed by atoms with Gasteiger partial charge in [0.25, 0.3) is 0 Å². The number of nitrogens with zero attached hydrogens (tertiary/aromatic N) is 3. The maximum Gasteiger partial charge on any atom is 0.230 e. The number of aryl methyl sites for hydroxylation is 1. The fourth-order valence-electron chi connectivity index (χ4n) is 2.44. The van der Waals surface area contributed by atoms with Crippen LogP contribution in [0.4, 0.5) is 0 Å². The SMILES string of the molecule is COc1cccc(-c2nnc(SC(C)C(N)=O)n2-c2ccc(C)cc2)c1. The number of hydrogen-bond acceptors (Lipinski definition) is 5. The topological polar surface area (TPSA) is 83.0 Å². The summed E-state index contributed by atoms with van der Waals surface area (Å²) in [6.07, 6.45) is 0. The summed E-state index contributed by atoms with van der Waals surface area (Å²) in [7, 11) is 1.62. The molecule has 1 unspecified atom stereocenters. The zero-order valence-electron chi connectivity index (χ0n) is 14.8. The standard InChI is InChI=1S/C19H20N4O2S/c1-12-7-9-15(10-8-12)23-18(14-5-4-6-16(11-14)25-3)21-22-19(23)26-13(2)17(20)24/h4-11,13H,1-3H3,(H2,20,24). The molecule has 1 aromatic heterocycles. The average Bonchev–Trinajstić information content (AvgIpc) is 3.06. The predicted octanol–water partition coefficient (Wildman–Crippen LogP) is 3.22. The molecule has 134 valence electrons. The van der Waals surface area contributed by atoms with Crippen LogP contribution in [0.2, 0.25) is 0 Å². The van der Waals surface area contributed by atoms with E-state index in [1.807, 2.05) is 60.0 Å². The van der Waals surface area contributed by atoms with Gasteiger partial charge in [-0.05, 0) is 38.1 Å². The van der Waals surface area contributed by atoms with Crippen molar-refractivity contribution in [2.75, 3.05) is 7.11 Å². The number of methoxy groups -OCH3 is 1. The van der Waals surface area contributed by atoms with E-state index in [0.717, 1.165) is 22.6 Å². The maximum absolute atomic E-state index is 11.5. The Morgan fingerprint density at radius 2 is 1.92 bits per heavy atom. The molecule has 1 heterocycles. The van der Waals surface area contributed by atoms with E-state index in [1.54, 1.807) is 14.0 Å². The Labute approximate surface area is 156 Å². The highest BCUT2D eigenvalue weighted by Crippen LogP contribution is 2.31. The van der Waals surface area contributed by atoms with Crippen molar-refractivity contribution in [3.8, 4) is 22.8 Å². The van der Waals surface area contributed by atoms with Crippen molar-refractivity contribution >= 4 is 17.7 Å². The van der Waals surface area contributed by atoms with Crippen LogP contribution in [-0.2, 0) is 4.79 Å². The van der Waals surface area contributed by atoms with Crippen molar-refractivity contribution in [2.24, 2.45) is 5.73 Å². The van der Waals surface area contributed by atoms with Crippen molar-refractivity contribution in [2.45, 2.75) is 24.3 Å². The number of rotatable bonds is 6. The highest BCUT2D eigenvalue weighted by atomic mass is 32.2. The van der Waals surface area contributed by atoms with Gasteiger partial charge in [-0.3, -0.25) is 9.36 Å². The lowest BCUT2D eigenvalue weighted by atomic mass is 10.2. The van der Waals surface area contributed by atoms with Crippen LogP contribution in [0.3, 0.4) is 0 Å². The Balaban J connectivity index is 2.13. The molecule has 0 saturated carbocycles. The molecule has 3 rings (SSSR count). The third-order valence-electron chi connectivity index (χ3n) is 3.94. The zero-order chi connectivity index (χ0) is 18.7. The van der Waals surface area contributed by atoms with Gasteiger partial charge < -0.3 is 10.5 Å². The third-order valence-corrected chi connectivity index (χ3v) is 5.00. The lowest BCUT2D eigenvalue weighted by Gasteiger charge is -2.12. The van der Waals surface area contributed by atoms with Gasteiger partial charge in [0.15, 0.2) is 11.0 Å². The normalized spacial score (nSPS) is 12.0. The Morgan fingerprint density at radius 3 is 2.58 bits per heavy atom. The number of hydrogen-bond donors (Lipinski definition) is 1. The van der Waals surface area contributed by atoms with E-state index in [4.69, 9.17) is 10.5 Å². The van der Waals surface area contributed by atoms with Crippen LogP contribution in [0.5, 0.6) is 5.75 Å². The number of carbonyl (C=O) groups is 1. The summed E-state index contributed by atoms with van der Waals surface area (Å²) in [6.45, 7) is 3.79. The molecule has 6 nitrogen and oxygen atoms in total. The molecule has 0 aliphatic rings. The van der Waals surface area contributed by atoms with Crippen molar-refractivity contribution in [3.63, 3.8) is 0 Å². The maximum atomic E-state index is 11.5. The fourth-order valence-corrected chi connectivity index (χ4v) is 3.26. The molecule has 3 aromatic rings. The minimum Gasteiger partial charge on any atom is -0.497 e. The van der Waals surface area contributed by atoms with E-state index in [9.17, 15) is 4.79 Å². The van der Waals surface area contributed by atoms with Gasteiger partial charge >= 0.3 is 0 Å². The van der Waals surface area contributed by atoms with Crippen molar-refractivity contribution in [3.05, 3.63) is 54.1 Å². The van der Waals surface area contributed by atoms with E-state index in [2.05, 4.69) is 10.2 Å². The molecule has 0 fully saturated rings. The molecular weight excluding hydrogens is 348 g/mol. The van der Waals surface area contributed by atoms with E-state index in [-0.39, 0.29) is 0 Å². The van der Waals surface area contributed by atoms with Gasteiger partial charge in [-0.1, -0.05) is 41.6 Å². The summed E-state index contributed by atoms with van der Waals surface area (Å²) in [5.41, 5.74) is 8.36. The van der Waals surface area contributed by atoms with Crippen LogP contribution < -0.4 is 10.5 Å². The van der Waals surface area contributed by atoms with Gasteiger partial charge in [0.1, 0.15) is 5.75 Å². The number of primary amides is 1. The fraction of sp³-hybridized carbons (Fsp3) is 0.211. The second kappa shape index (κ2) is 7.61. The van der Waals surface area contributed by atoms with Crippen molar-refractivity contribution in [1.82, 2.24) is 14.8 Å². The summed E-state index contributed by atoms with van der Waals surface area (Å²) in [4.78, 5) is 11.5. The number of nitrogens with two attached hydrogens (primary N) is 1. The molecule has 1 amide bonds. The molecule has 2 aromatic carbocycles. The molecule has 0 radical (unpaired) electrons. The highest BCUT2D eigenvalue weighted by molar-refractivity contribution is 8.00. The first kappa shape index (κ1) is 18.0. The number of amides is 1. The highest BCUT2D eigenvalue weighted by Gasteiger charge is 2.20. The molecular formula is C19H20N4O2S. The minimum absolute atomic E-state index is 0.392.